The number of hydrogen-bond donors (Lipinski definition) is 1. The van der Waals surface area contributed by atoms with Gasteiger partial charge in [0.05, 0.1) is 30.4 Å². The van der Waals surface area contributed by atoms with Gasteiger partial charge in [-0.2, -0.15) is 5.10 Å². The number of H-pyrrole nitrogens is 1. The average molecular weight is 302 g/mol. The maximum absolute atomic E-state index is 5.46. The van der Waals surface area contributed by atoms with E-state index in [0.29, 0.717) is 11.3 Å². The molecule has 0 aliphatic rings. The molecule has 2 aromatic heterocycles. The first kappa shape index (κ1) is 13.9. The van der Waals surface area contributed by atoms with E-state index in [-0.39, 0.29) is 0 Å². The minimum absolute atomic E-state index is 0.711. The summed E-state index contributed by atoms with van der Waals surface area (Å²) >= 11 is 5.46. The fraction of sp³-hybridized carbons (Fsp3) is 0.333. The normalized spacial score (nSPS) is 11.2. The Morgan fingerprint density at radius 2 is 2.19 bits per heavy atom. The third-order valence-electron chi connectivity index (χ3n) is 3.64. The molecule has 1 N–H and O–H groups in total. The van der Waals surface area contributed by atoms with Gasteiger partial charge >= 0.3 is 0 Å². The topological polar surface area (TPSA) is 47.8 Å². The van der Waals surface area contributed by atoms with Crippen LogP contribution in [0.25, 0.3) is 11.0 Å². The van der Waals surface area contributed by atoms with Crippen molar-refractivity contribution in [2.45, 2.75) is 19.9 Å². The van der Waals surface area contributed by atoms with Crippen molar-refractivity contribution in [3.63, 3.8) is 0 Å². The van der Waals surface area contributed by atoms with Crippen molar-refractivity contribution in [3.05, 3.63) is 40.4 Å². The van der Waals surface area contributed by atoms with E-state index < -0.39 is 0 Å². The van der Waals surface area contributed by atoms with Crippen LogP contribution in [-0.2, 0) is 20.0 Å². The van der Waals surface area contributed by atoms with Crippen LogP contribution in [0.5, 0.6) is 5.75 Å². The summed E-state index contributed by atoms with van der Waals surface area (Å²) in [6.07, 6.45) is 2.97. The lowest BCUT2D eigenvalue weighted by atomic mass is 10.2. The molecule has 3 rings (SSSR count). The first-order chi connectivity index (χ1) is 10.1. The molecule has 0 atom stereocenters. The summed E-state index contributed by atoms with van der Waals surface area (Å²) in [5.41, 5.74) is 4.37. The molecule has 0 unspecified atom stereocenters. The summed E-state index contributed by atoms with van der Waals surface area (Å²) in [6.45, 7) is 2.83. The number of fused-ring (bicyclic) bond motifs is 1. The predicted octanol–water partition coefficient (Wildman–Crippen LogP) is 3.05. The molecule has 6 heteroatoms. The molecule has 3 aromatic rings. The molecule has 2 heterocycles. The number of aromatic nitrogens is 4. The predicted molar refractivity (Wildman–Crippen MR) is 85.4 cm³/mol. The summed E-state index contributed by atoms with van der Waals surface area (Å²) in [4.78, 5) is 3.24. The van der Waals surface area contributed by atoms with Gasteiger partial charge in [-0.05, 0) is 30.8 Å². The van der Waals surface area contributed by atoms with Gasteiger partial charge in [0.2, 0.25) is 0 Å². The van der Waals surface area contributed by atoms with Crippen LogP contribution < -0.4 is 4.74 Å². The van der Waals surface area contributed by atoms with Gasteiger partial charge in [-0.15, -0.1) is 0 Å². The van der Waals surface area contributed by atoms with Gasteiger partial charge in [-0.3, -0.25) is 4.68 Å². The van der Waals surface area contributed by atoms with Gasteiger partial charge in [0, 0.05) is 24.9 Å². The lowest BCUT2D eigenvalue weighted by Crippen LogP contribution is -2.01. The van der Waals surface area contributed by atoms with E-state index in [4.69, 9.17) is 17.0 Å². The number of hydrogen-bond acceptors (Lipinski definition) is 3. The maximum Gasteiger partial charge on any atom is 0.178 e. The van der Waals surface area contributed by atoms with Crippen LogP contribution in [0.3, 0.4) is 0 Å². The van der Waals surface area contributed by atoms with Crippen molar-refractivity contribution in [1.82, 2.24) is 19.3 Å². The number of ether oxygens (including phenoxy) is 1. The third kappa shape index (κ3) is 2.47. The van der Waals surface area contributed by atoms with Crippen LogP contribution in [0.1, 0.15) is 18.2 Å². The highest BCUT2D eigenvalue weighted by Crippen LogP contribution is 2.22. The summed E-state index contributed by atoms with van der Waals surface area (Å²) in [5, 5.41) is 4.49. The highest BCUT2D eigenvalue weighted by Gasteiger charge is 2.11. The molecular formula is C15H18N4OS. The minimum Gasteiger partial charge on any atom is -0.497 e. The van der Waals surface area contributed by atoms with E-state index >= 15 is 0 Å². The van der Waals surface area contributed by atoms with E-state index in [2.05, 4.69) is 27.8 Å². The van der Waals surface area contributed by atoms with Gasteiger partial charge in [-0.25, -0.2) is 0 Å². The summed E-state index contributed by atoms with van der Waals surface area (Å²) in [5.74, 6) is 0.826. The zero-order valence-electron chi connectivity index (χ0n) is 12.4. The fourth-order valence-electron chi connectivity index (χ4n) is 2.60. The second-order valence-electron chi connectivity index (χ2n) is 5.03. The second-order valence-corrected chi connectivity index (χ2v) is 5.41. The molecule has 0 aliphatic heterocycles. The van der Waals surface area contributed by atoms with E-state index in [0.717, 1.165) is 28.9 Å². The number of benzene rings is 1. The van der Waals surface area contributed by atoms with Crippen LogP contribution in [0.4, 0.5) is 0 Å². The molecule has 21 heavy (non-hydrogen) atoms. The lowest BCUT2D eigenvalue weighted by molar-refractivity contribution is 0.415. The number of nitrogens with zero attached hydrogens (tertiary/aromatic N) is 3. The average Bonchev–Trinajstić information content (AvgIpc) is 2.99. The second kappa shape index (κ2) is 5.37. The van der Waals surface area contributed by atoms with Gasteiger partial charge in [0.1, 0.15) is 5.75 Å². The van der Waals surface area contributed by atoms with Gasteiger partial charge < -0.3 is 14.3 Å². The minimum atomic E-state index is 0.711. The quantitative estimate of drug-likeness (QED) is 0.754. The highest BCUT2D eigenvalue weighted by molar-refractivity contribution is 7.71. The van der Waals surface area contributed by atoms with Crippen molar-refractivity contribution in [2.24, 2.45) is 7.05 Å². The van der Waals surface area contributed by atoms with Crippen LogP contribution in [0.15, 0.2) is 24.4 Å². The Morgan fingerprint density at radius 3 is 2.90 bits per heavy atom. The molecule has 0 fully saturated rings. The number of methoxy groups -OCH3 is 1. The smallest absolute Gasteiger partial charge is 0.178 e. The van der Waals surface area contributed by atoms with Crippen LogP contribution in [-0.4, -0.2) is 26.4 Å². The maximum atomic E-state index is 5.46. The first-order valence-corrected chi connectivity index (χ1v) is 7.31. The standard InChI is InChI=1S/C15H18N4OS/c1-4-12-10(8-18(2)17-12)9-19-14-7-11(20-3)5-6-13(14)16-15(19)21/h5-8H,4,9H2,1-3H3,(H,16,21). The van der Waals surface area contributed by atoms with Gasteiger partial charge in [-0.1, -0.05) is 6.92 Å². The summed E-state index contributed by atoms with van der Waals surface area (Å²) in [6, 6.07) is 5.92. The zero-order valence-corrected chi connectivity index (χ0v) is 13.2. The largest absolute Gasteiger partial charge is 0.497 e. The molecule has 110 valence electrons. The lowest BCUT2D eigenvalue weighted by Gasteiger charge is -2.05. The molecule has 0 spiro atoms. The number of nitrogens with one attached hydrogen (secondary N) is 1. The fourth-order valence-corrected chi connectivity index (χ4v) is 2.87. The van der Waals surface area contributed by atoms with Crippen molar-refractivity contribution in [3.8, 4) is 5.75 Å². The molecule has 0 amide bonds. The summed E-state index contributed by atoms with van der Waals surface area (Å²) in [7, 11) is 3.61. The van der Waals surface area contributed by atoms with Crippen LogP contribution in [0, 0.1) is 4.77 Å². The van der Waals surface area contributed by atoms with E-state index in [9.17, 15) is 0 Å². The third-order valence-corrected chi connectivity index (χ3v) is 3.96. The molecule has 5 nitrogen and oxygen atoms in total. The Hall–Kier alpha value is -2.08. The Morgan fingerprint density at radius 1 is 1.38 bits per heavy atom. The molecular weight excluding hydrogens is 284 g/mol. The zero-order chi connectivity index (χ0) is 15.0. The molecule has 1 aromatic carbocycles. The Balaban J connectivity index is 2.11. The van der Waals surface area contributed by atoms with Crippen molar-refractivity contribution >= 4 is 23.3 Å². The highest BCUT2D eigenvalue weighted by atomic mass is 32.1. The Kier molecular flexibility index (Phi) is 3.55. The Bertz CT molecular complexity index is 843. The molecule has 0 radical (unpaired) electrons. The Labute approximate surface area is 128 Å². The number of aryl methyl sites for hydroxylation is 2. The van der Waals surface area contributed by atoms with Crippen molar-refractivity contribution in [2.75, 3.05) is 7.11 Å². The van der Waals surface area contributed by atoms with E-state index in [1.54, 1.807) is 7.11 Å². The number of aromatic amines is 1. The van der Waals surface area contributed by atoms with Crippen LogP contribution in [0.2, 0.25) is 0 Å². The number of rotatable bonds is 4. The molecule has 0 aliphatic carbocycles. The molecule has 0 saturated carbocycles. The number of imidazole rings is 1. The first-order valence-electron chi connectivity index (χ1n) is 6.90. The molecule has 0 saturated heterocycles. The van der Waals surface area contributed by atoms with Gasteiger partial charge in [0.15, 0.2) is 4.77 Å². The van der Waals surface area contributed by atoms with E-state index in [1.807, 2.05) is 29.9 Å². The van der Waals surface area contributed by atoms with E-state index in [1.165, 1.54) is 5.56 Å². The summed E-state index contributed by atoms with van der Waals surface area (Å²) < 4.78 is 9.96. The van der Waals surface area contributed by atoms with Crippen LogP contribution >= 0.6 is 12.2 Å². The SMILES string of the molecule is CCc1nn(C)cc1Cn1c(=S)[nH]c2ccc(OC)cc21. The molecule has 0 bridgehead atoms. The van der Waals surface area contributed by atoms with Crippen molar-refractivity contribution in [1.29, 1.82) is 0 Å². The monoisotopic (exact) mass is 302 g/mol. The van der Waals surface area contributed by atoms with Crippen molar-refractivity contribution < 1.29 is 4.74 Å². The van der Waals surface area contributed by atoms with Gasteiger partial charge in [0.25, 0.3) is 0 Å².